The maximum atomic E-state index is 12.1. The van der Waals surface area contributed by atoms with Crippen molar-refractivity contribution in [2.45, 2.75) is 71.1 Å². The Morgan fingerprint density at radius 1 is 1.09 bits per heavy atom. The van der Waals surface area contributed by atoms with Crippen LogP contribution in [0.4, 0.5) is 4.79 Å². The van der Waals surface area contributed by atoms with Crippen molar-refractivity contribution in [3.63, 3.8) is 0 Å². The Kier molecular flexibility index (Phi) is 3.40. The summed E-state index contributed by atoms with van der Waals surface area (Å²) in [5.41, 5.74) is -0.992. The third kappa shape index (κ3) is 2.64. The van der Waals surface area contributed by atoms with Crippen LogP contribution in [0.2, 0.25) is 5.82 Å². The normalized spacial score (nSPS) is 35.5. The van der Waals surface area contributed by atoms with Gasteiger partial charge in [0.15, 0.2) is 0 Å². The number of rotatable bonds is 1. The second-order valence-corrected chi connectivity index (χ2v) is 8.92. The molecule has 1 aliphatic carbocycles. The molecule has 0 aromatic carbocycles. The molecule has 124 valence electrons. The number of likely N-dealkylation sites (tertiary alicyclic amines) is 1. The Balaban J connectivity index is 1.55. The van der Waals surface area contributed by atoms with E-state index >= 15 is 0 Å². The van der Waals surface area contributed by atoms with Crippen molar-refractivity contribution in [2.75, 3.05) is 13.1 Å². The SMILES string of the molecule is CC(C)(C)OC(=O)N1CC2C(C1)C2B1OC(C)(C)C(C)(C)O1. The Hall–Kier alpha value is -0.745. The monoisotopic (exact) mass is 309 g/mol. The maximum Gasteiger partial charge on any atom is 0.461 e. The van der Waals surface area contributed by atoms with Crippen LogP contribution in [0.15, 0.2) is 0 Å². The van der Waals surface area contributed by atoms with E-state index in [0.29, 0.717) is 17.7 Å². The van der Waals surface area contributed by atoms with Gasteiger partial charge in [-0.05, 0) is 60.3 Å². The Labute approximate surface area is 133 Å². The van der Waals surface area contributed by atoms with E-state index in [1.807, 2.05) is 25.7 Å². The number of hydrogen-bond donors (Lipinski definition) is 0. The highest BCUT2D eigenvalue weighted by atomic mass is 16.7. The molecule has 2 aliphatic heterocycles. The van der Waals surface area contributed by atoms with Gasteiger partial charge in [0.25, 0.3) is 0 Å². The highest BCUT2D eigenvalue weighted by Crippen LogP contribution is 2.61. The molecule has 0 aromatic heterocycles. The summed E-state index contributed by atoms with van der Waals surface area (Å²) in [6.07, 6.45) is -0.202. The van der Waals surface area contributed by atoms with E-state index < -0.39 is 5.60 Å². The van der Waals surface area contributed by atoms with Crippen molar-refractivity contribution in [2.24, 2.45) is 11.8 Å². The van der Waals surface area contributed by atoms with Crippen molar-refractivity contribution < 1.29 is 18.8 Å². The first-order valence-corrected chi connectivity index (χ1v) is 8.25. The molecule has 1 amide bonds. The lowest BCUT2D eigenvalue weighted by Gasteiger charge is -2.32. The average molecular weight is 309 g/mol. The summed E-state index contributed by atoms with van der Waals surface area (Å²) < 4.78 is 17.7. The van der Waals surface area contributed by atoms with Gasteiger partial charge in [-0.2, -0.15) is 0 Å². The van der Waals surface area contributed by atoms with Gasteiger partial charge in [-0.25, -0.2) is 4.79 Å². The van der Waals surface area contributed by atoms with Gasteiger partial charge in [0.1, 0.15) is 5.60 Å². The van der Waals surface area contributed by atoms with Gasteiger partial charge in [0.05, 0.1) is 11.2 Å². The predicted octanol–water partition coefficient (Wildman–Crippen LogP) is 2.95. The summed E-state index contributed by atoms with van der Waals surface area (Å²) in [5, 5.41) is 0. The molecular formula is C16H28BNO4. The number of carbonyl (C=O) groups excluding carboxylic acids is 1. The number of amides is 1. The minimum absolute atomic E-state index is 0.138. The van der Waals surface area contributed by atoms with Gasteiger partial charge in [-0.3, -0.25) is 0 Å². The second kappa shape index (κ2) is 4.63. The van der Waals surface area contributed by atoms with Crippen LogP contribution < -0.4 is 0 Å². The van der Waals surface area contributed by atoms with Crippen LogP contribution >= 0.6 is 0 Å². The third-order valence-corrected chi connectivity index (χ3v) is 5.50. The summed E-state index contributed by atoms with van der Waals surface area (Å²) in [6, 6.07) is 0. The molecule has 6 heteroatoms. The maximum absolute atomic E-state index is 12.1. The number of piperidine rings is 1. The van der Waals surface area contributed by atoms with Crippen LogP contribution in [0.3, 0.4) is 0 Å². The van der Waals surface area contributed by atoms with Crippen LogP contribution in [0.1, 0.15) is 48.5 Å². The molecule has 3 fully saturated rings. The lowest BCUT2D eigenvalue weighted by molar-refractivity contribution is 0.00578. The molecule has 5 nitrogen and oxygen atoms in total. The van der Waals surface area contributed by atoms with E-state index in [9.17, 15) is 4.79 Å². The number of ether oxygens (including phenoxy) is 1. The summed E-state index contributed by atoms with van der Waals surface area (Å²) >= 11 is 0. The molecule has 0 N–H and O–H groups in total. The van der Waals surface area contributed by atoms with Gasteiger partial charge in [0.2, 0.25) is 0 Å². The van der Waals surface area contributed by atoms with Gasteiger partial charge in [-0.1, -0.05) is 0 Å². The topological polar surface area (TPSA) is 48.0 Å². The summed E-state index contributed by atoms with van der Waals surface area (Å²) in [7, 11) is -0.138. The lowest BCUT2D eigenvalue weighted by atomic mass is 9.79. The van der Waals surface area contributed by atoms with Gasteiger partial charge in [-0.15, -0.1) is 0 Å². The molecular weight excluding hydrogens is 281 g/mol. The summed E-state index contributed by atoms with van der Waals surface area (Å²) in [4.78, 5) is 13.9. The average Bonchev–Trinajstić information content (AvgIpc) is 2.69. The molecule has 2 saturated heterocycles. The van der Waals surface area contributed by atoms with Crippen LogP contribution in [0, 0.1) is 11.8 Å². The first-order chi connectivity index (χ1) is 9.91. The van der Waals surface area contributed by atoms with Crippen LogP contribution in [0.5, 0.6) is 0 Å². The molecule has 3 aliphatic rings. The quantitative estimate of drug-likeness (QED) is 0.699. The van der Waals surface area contributed by atoms with Gasteiger partial charge >= 0.3 is 13.2 Å². The molecule has 0 spiro atoms. The molecule has 2 atom stereocenters. The minimum atomic E-state index is -0.436. The number of fused-ring (bicyclic) bond motifs is 1. The van der Waals surface area contributed by atoms with Crippen LogP contribution in [-0.2, 0) is 14.0 Å². The summed E-state index contributed by atoms with van der Waals surface area (Å²) in [5.74, 6) is 1.39. The molecule has 2 unspecified atom stereocenters. The third-order valence-electron chi connectivity index (χ3n) is 5.50. The van der Waals surface area contributed by atoms with E-state index in [0.717, 1.165) is 13.1 Å². The number of carbonyl (C=O) groups is 1. The predicted molar refractivity (Wildman–Crippen MR) is 84.6 cm³/mol. The van der Waals surface area contributed by atoms with E-state index in [-0.39, 0.29) is 24.4 Å². The standard InChI is InChI=1S/C16H28BNO4/c1-14(2,3)20-13(19)18-8-10-11(9-18)12(10)17-21-15(4,5)16(6,7)22-17/h10-12H,8-9H2,1-7H3. The second-order valence-electron chi connectivity index (χ2n) is 8.92. The first-order valence-electron chi connectivity index (χ1n) is 8.25. The van der Waals surface area contributed by atoms with Crippen molar-refractivity contribution in [3.8, 4) is 0 Å². The molecule has 0 radical (unpaired) electrons. The van der Waals surface area contributed by atoms with E-state index in [2.05, 4.69) is 27.7 Å². The zero-order valence-corrected chi connectivity index (χ0v) is 14.8. The van der Waals surface area contributed by atoms with Crippen molar-refractivity contribution in [3.05, 3.63) is 0 Å². The molecule has 1 saturated carbocycles. The highest BCUT2D eigenvalue weighted by molar-refractivity contribution is 6.49. The number of hydrogen-bond acceptors (Lipinski definition) is 4. The Morgan fingerprint density at radius 2 is 1.55 bits per heavy atom. The minimum Gasteiger partial charge on any atom is -0.444 e. The Bertz CT molecular complexity index is 457. The van der Waals surface area contributed by atoms with Crippen molar-refractivity contribution in [1.29, 1.82) is 0 Å². The molecule has 0 bridgehead atoms. The molecule has 0 aromatic rings. The van der Waals surface area contributed by atoms with Crippen molar-refractivity contribution >= 4 is 13.2 Å². The fourth-order valence-electron chi connectivity index (χ4n) is 3.50. The highest BCUT2D eigenvalue weighted by Gasteiger charge is 2.67. The molecule has 22 heavy (non-hydrogen) atoms. The zero-order valence-electron chi connectivity index (χ0n) is 14.8. The zero-order chi connectivity index (χ0) is 16.5. The van der Waals surface area contributed by atoms with Gasteiger partial charge < -0.3 is 18.9 Å². The summed E-state index contributed by atoms with van der Waals surface area (Å²) in [6.45, 7) is 15.5. The van der Waals surface area contributed by atoms with Crippen LogP contribution in [0.25, 0.3) is 0 Å². The van der Waals surface area contributed by atoms with E-state index in [1.54, 1.807) is 0 Å². The van der Waals surface area contributed by atoms with E-state index in [4.69, 9.17) is 14.0 Å². The van der Waals surface area contributed by atoms with Crippen molar-refractivity contribution in [1.82, 2.24) is 4.90 Å². The largest absolute Gasteiger partial charge is 0.461 e. The van der Waals surface area contributed by atoms with E-state index in [1.165, 1.54) is 0 Å². The van der Waals surface area contributed by atoms with Gasteiger partial charge in [0, 0.05) is 18.9 Å². The smallest absolute Gasteiger partial charge is 0.444 e. The Morgan fingerprint density at radius 3 is 1.95 bits per heavy atom. The number of nitrogens with zero attached hydrogens (tertiary/aromatic N) is 1. The van der Waals surface area contributed by atoms with Crippen LogP contribution in [-0.4, -0.2) is 48.0 Å². The molecule has 2 heterocycles. The lowest BCUT2D eigenvalue weighted by Crippen LogP contribution is -2.41. The fourth-order valence-corrected chi connectivity index (χ4v) is 3.50. The first kappa shape index (κ1) is 16.1. The fraction of sp³-hybridized carbons (Fsp3) is 0.938. The molecule has 3 rings (SSSR count).